The van der Waals surface area contributed by atoms with Gasteiger partial charge in [-0.2, -0.15) is 0 Å². The maximum atomic E-state index is 6.09. The van der Waals surface area contributed by atoms with Crippen molar-refractivity contribution in [1.29, 1.82) is 0 Å². The van der Waals surface area contributed by atoms with E-state index < -0.39 is 0 Å². The van der Waals surface area contributed by atoms with Crippen LogP contribution >= 0.6 is 0 Å². The molecule has 1 aromatic heterocycles. The topological polar surface area (TPSA) is 31.4 Å². The molecule has 0 aliphatic carbocycles. The van der Waals surface area contributed by atoms with Gasteiger partial charge in [0.05, 0.1) is 11.2 Å². The van der Waals surface area contributed by atoms with E-state index in [0.717, 1.165) is 22.3 Å². The Balaban J connectivity index is 0.00000225. The van der Waals surface area contributed by atoms with Crippen molar-refractivity contribution in [1.82, 2.24) is 4.98 Å². The summed E-state index contributed by atoms with van der Waals surface area (Å²) >= 11 is 0. The summed E-state index contributed by atoms with van der Waals surface area (Å²) in [5.41, 5.74) is 4.41. The summed E-state index contributed by atoms with van der Waals surface area (Å²) in [6, 6.07) is 23.8. The van der Waals surface area contributed by atoms with Gasteiger partial charge in [-0.25, -0.2) is 0 Å². The molecule has 4 rings (SSSR count). The Hall–Kier alpha value is -1.78. The standard InChI is InChI=1S/C23H23BNO2.Ir/c1-22(2)23(3,4)27-24(26-22)20-14-15-21(25-16-20)19-12-10-18(11-13-19)17-8-6-5-7-9-17;/h5-12,14-16H,1-4H3;/q-1;. The Morgan fingerprint density at radius 2 is 1.50 bits per heavy atom. The Morgan fingerprint density at radius 1 is 0.821 bits per heavy atom. The zero-order chi connectivity index (χ0) is 19.1. The number of aromatic nitrogens is 1. The van der Waals surface area contributed by atoms with Gasteiger partial charge in [-0.1, -0.05) is 53.6 Å². The minimum absolute atomic E-state index is 0. The summed E-state index contributed by atoms with van der Waals surface area (Å²) in [5, 5.41) is 0. The molecule has 5 heteroatoms. The molecule has 28 heavy (non-hydrogen) atoms. The largest absolute Gasteiger partial charge is 0.496 e. The fraction of sp³-hybridized carbons (Fsp3) is 0.261. The van der Waals surface area contributed by atoms with Gasteiger partial charge in [-0.15, -0.1) is 29.8 Å². The minimum Gasteiger partial charge on any atom is -0.399 e. The van der Waals surface area contributed by atoms with E-state index in [9.17, 15) is 0 Å². The fourth-order valence-corrected chi connectivity index (χ4v) is 3.08. The van der Waals surface area contributed by atoms with Crippen LogP contribution in [0, 0.1) is 6.07 Å². The molecule has 0 amide bonds. The van der Waals surface area contributed by atoms with Crippen LogP contribution in [-0.2, 0) is 29.4 Å². The van der Waals surface area contributed by atoms with Crippen LogP contribution in [0.25, 0.3) is 22.4 Å². The van der Waals surface area contributed by atoms with Gasteiger partial charge in [0.25, 0.3) is 0 Å². The zero-order valence-electron chi connectivity index (χ0n) is 16.5. The molecule has 1 aliphatic heterocycles. The Bertz CT molecular complexity index is 909. The maximum absolute atomic E-state index is 6.09. The van der Waals surface area contributed by atoms with Crippen LogP contribution in [0.5, 0.6) is 0 Å². The van der Waals surface area contributed by atoms with Crippen LogP contribution in [0.4, 0.5) is 0 Å². The fourth-order valence-electron chi connectivity index (χ4n) is 3.08. The van der Waals surface area contributed by atoms with Crippen molar-refractivity contribution in [2.45, 2.75) is 38.9 Å². The quantitative estimate of drug-likeness (QED) is 0.357. The molecule has 0 bridgehead atoms. The van der Waals surface area contributed by atoms with E-state index in [1.807, 2.05) is 42.6 Å². The molecule has 1 fully saturated rings. The number of rotatable bonds is 3. The molecule has 3 nitrogen and oxygen atoms in total. The van der Waals surface area contributed by atoms with Gasteiger partial charge in [0.2, 0.25) is 0 Å². The Labute approximate surface area is 181 Å². The van der Waals surface area contributed by atoms with E-state index in [1.54, 1.807) is 0 Å². The molecule has 3 aromatic rings. The van der Waals surface area contributed by atoms with Gasteiger partial charge in [0.15, 0.2) is 0 Å². The van der Waals surface area contributed by atoms with Gasteiger partial charge in [0.1, 0.15) is 0 Å². The van der Waals surface area contributed by atoms with Crippen LogP contribution in [0.15, 0.2) is 66.9 Å². The summed E-state index contributed by atoms with van der Waals surface area (Å²) < 4.78 is 12.2. The molecule has 0 unspecified atom stereocenters. The monoisotopic (exact) mass is 549 g/mol. The van der Waals surface area contributed by atoms with Crippen molar-refractivity contribution in [2.75, 3.05) is 0 Å². The average Bonchev–Trinajstić information content (AvgIpc) is 2.90. The molecule has 145 valence electrons. The van der Waals surface area contributed by atoms with Crippen molar-refractivity contribution < 1.29 is 29.4 Å². The van der Waals surface area contributed by atoms with Gasteiger partial charge >= 0.3 is 7.12 Å². The second kappa shape index (κ2) is 7.92. The first-order valence-corrected chi connectivity index (χ1v) is 9.25. The summed E-state index contributed by atoms with van der Waals surface area (Å²) in [6.45, 7) is 8.21. The van der Waals surface area contributed by atoms with Crippen molar-refractivity contribution in [3.8, 4) is 22.4 Å². The van der Waals surface area contributed by atoms with Crippen LogP contribution in [0.1, 0.15) is 27.7 Å². The molecule has 1 aliphatic rings. The molecular weight excluding hydrogens is 525 g/mol. The Morgan fingerprint density at radius 3 is 2.04 bits per heavy atom. The third-order valence-electron chi connectivity index (χ3n) is 5.51. The molecule has 2 heterocycles. The molecular formula is C23H23BIrNO2-. The predicted octanol–water partition coefficient (Wildman–Crippen LogP) is 4.51. The minimum atomic E-state index is -0.388. The van der Waals surface area contributed by atoms with Crippen molar-refractivity contribution in [3.05, 3.63) is 72.9 Å². The zero-order valence-corrected chi connectivity index (χ0v) is 18.9. The smallest absolute Gasteiger partial charge is 0.399 e. The Kier molecular flexibility index (Phi) is 5.93. The summed E-state index contributed by atoms with van der Waals surface area (Å²) in [6.07, 6.45) is 1.83. The number of hydrogen-bond acceptors (Lipinski definition) is 3. The van der Waals surface area contributed by atoms with Crippen LogP contribution in [-0.4, -0.2) is 23.3 Å². The van der Waals surface area contributed by atoms with E-state index in [0.29, 0.717) is 0 Å². The maximum Gasteiger partial charge on any atom is 0.496 e. The van der Waals surface area contributed by atoms with Crippen LogP contribution in [0.2, 0.25) is 0 Å². The molecule has 0 N–H and O–H groups in total. The first kappa shape index (κ1) is 20.9. The first-order chi connectivity index (χ1) is 12.9. The van der Waals surface area contributed by atoms with Gasteiger partial charge in [-0.3, -0.25) is 0 Å². The second-order valence-corrected chi connectivity index (χ2v) is 7.92. The average molecular weight is 548 g/mol. The van der Waals surface area contributed by atoms with Crippen LogP contribution < -0.4 is 5.46 Å². The summed E-state index contributed by atoms with van der Waals surface area (Å²) in [5.74, 6) is 0. The third-order valence-corrected chi connectivity index (χ3v) is 5.51. The van der Waals surface area contributed by atoms with Gasteiger partial charge in [-0.05, 0) is 38.9 Å². The number of hydrogen-bond donors (Lipinski definition) is 0. The van der Waals surface area contributed by atoms with Gasteiger partial charge in [0, 0.05) is 26.3 Å². The van der Waals surface area contributed by atoms with Crippen LogP contribution in [0.3, 0.4) is 0 Å². The number of pyridine rings is 1. The normalized spacial score (nSPS) is 17.2. The summed E-state index contributed by atoms with van der Waals surface area (Å²) in [4.78, 5) is 4.60. The third kappa shape index (κ3) is 3.99. The SMILES string of the molecule is CC1(C)OB(c2ccc(-c3[c-]cc(-c4ccccc4)cc3)nc2)OC1(C)C.[Ir]. The molecule has 1 radical (unpaired) electrons. The van der Waals surface area contributed by atoms with E-state index in [4.69, 9.17) is 9.31 Å². The molecule has 0 saturated carbocycles. The van der Waals surface area contributed by atoms with E-state index in [2.05, 4.69) is 63.0 Å². The summed E-state index contributed by atoms with van der Waals surface area (Å²) in [7, 11) is -0.388. The molecule has 1 saturated heterocycles. The van der Waals surface area contributed by atoms with Crippen molar-refractivity contribution in [3.63, 3.8) is 0 Å². The van der Waals surface area contributed by atoms with E-state index in [1.165, 1.54) is 5.56 Å². The van der Waals surface area contributed by atoms with Gasteiger partial charge < -0.3 is 14.3 Å². The van der Waals surface area contributed by atoms with E-state index in [-0.39, 0.29) is 38.4 Å². The molecule has 2 aromatic carbocycles. The number of benzene rings is 2. The predicted molar refractivity (Wildman–Crippen MR) is 110 cm³/mol. The molecule has 0 spiro atoms. The van der Waals surface area contributed by atoms with Crippen molar-refractivity contribution >= 4 is 12.6 Å². The first-order valence-electron chi connectivity index (χ1n) is 9.25. The van der Waals surface area contributed by atoms with Crippen molar-refractivity contribution in [2.24, 2.45) is 0 Å². The molecule has 0 atom stereocenters. The van der Waals surface area contributed by atoms with E-state index >= 15 is 0 Å². The second-order valence-electron chi connectivity index (χ2n) is 7.92. The number of nitrogens with zero attached hydrogens (tertiary/aromatic N) is 1.